The predicted octanol–water partition coefficient (Wildman–Crippen LogP) is 2.31. The number of sulfonamides is 1. The number of amides is 1. The standard InChI is InChI=1S/C20H21N3O3S/c24-18(22-20(12-6-13-20)15-7-2-1-3-8-15)11-14-21-19-16-9-4-5-10-17(16)27(25,26)23-19/h1-5,7-10H,6,11-14H2,(H,21,23)(H,22,24). The molecule has 27 heavy (non-hydrogen) atoms. The second kappa shape index (κ2) is 6.81. The molecule has 0 spiro atoms. The van der Waals surface area contributed by atoms with E-state index in [2.05, 4.69) is 15.0 Å². The maximum atomic E-state index is 12.5. The number of amidine groups is 1. The minimum Gasteiger partial charge on any atom is -0.347 e. The molecule has 0 bridgehead atoms. The third kappa shape index (κ3) is 3.35. The highest BCUT2D eigenvalue weighted by molar-refractivity contribution is 7.90. The van der Waals surface area contributed by atoms with Crippen LogP contribution in [-0.4, -0.2) is 26.7 Å². The van der Waals surface area contributed by atoms with Crippen LogP contribution >= 0.6 is 0 Å². The van der Waals surface area contributed by atoms with Gasteiger partial charge in [0.25, 0.3) is 10.0 Å². The maximum absolute atomic E-state index is 12.5. The second-order valence-corrected chi connectivity index (χ2v) is 8.58. The number of hydrogen-bond donors (Lipinski definition) is 2. The highest BCUT2D eigenvalue weighted by Crippen LogP contribution is 2.41. The molecule has 1 aliphatic heterocycles. The Balaban J connectivity index is 1.41. The van der Waals surface area contributed by atoms with E-state index in [0.717, 1.165) is 24.8 Å². The summed E-state index contributed by atoms with van der Waals surface area (Å²) >= 11 is 0. The van der Waals surface area contributed by atoms with Crippen LogP contribution in [0.4, 0.5) is 0 Å². The smallest absolute Gasteiger partial charge is 0.263 e. The largest absolute Gasteiger partial charge is 0.347 e. The van der Waals surface area contributed by atoms with Gasteiger partial charge in [0, 0.05) is 12.0 Å². The first-order chi connectivity index (χ1) is 13.0. The molecule has 2 aliphatic rings. The number of benzene rings is 2. The van der Waals surface area contributed by atoms with Crippen LogP contribution in [0.25, 0.3) is 0 Å². The van der Waals surface area contributed by atoms with Gasteiger partial charge in [-0.15, -0.1) is 0 Å². The van der Waals surface area contributed by atoms with Crippen molar-refractivity contribution in [3.8, 4) is 0 Å². The number of nitrogens with one attached hydrogen (secondary N) is 2. The Labute approximate surface area is 158 Å². The lowest BCUT2D eigenvalue weighted by molar-refractivity contribution is -0.124. The maximum Gasteiger partial charge on any atom is 0.263 e. The van der Waals surface area contributed by atoms with Crippen molar-refractivity contribution in [2.75, 3.05) is 6.54 Å². The summed E-state index contributed by atoms with van der Waals surface area (Å²) in [7, 11) is -3.55. The van der Waals surface area contributed by atoms with Crippen LogP contribution in [0, 0.1) is 0 Å². The fraction of sp³-hybridized carbons (Fsp3) is 0.300. The average Bonchev–Trinajstić information content (AvgIpc) is 2.90. The number of hydrogen-bond acceptors (Lipinski definition) is 4. The molecule has 140 valence electrons. The first-order valence-electron chi connectivity index (χ1n) is 9.03. The van der Waals surface area contributed by atoms with Crippen molar-refractivity contribution in [3.63, 3.8) is 0 Å². The van der Waals surface area contributed by atoms with Crippen LogP contribution in [0.3, 0.4) is 0 Å². The molecule has 7 heteroatoms. The molecule has 0 aromatic heterocycles. The van der Waals surface area contributed by atoms with E-state index >= 15 is 0 Å². The van der Waals surface area contributed by atoms with Gasteiger partial charge in [-0.25, -0.2) is 8.42 Å². The average molecular weight is 383 g/mol. The molecule has 0 saturated heterocycles. The molecule has 1 aliphatic carbocycles. The fourth-order valence-corrected chi connectivity index (χ4v) is 4.87. The number of nitrogens with zero attached hydrogens (tertiary/aromatic N) is 1. The predicted molar refractivity (Wildman–Crippen MR) is 103 cm³/mol. The third-order valence-corrected chi connectivity index (χ3v) is 6.58. The van der Waals surface area contributed by atoms with Gasteiger partial charge in [0.15, 0.2) is 0 Å². The molecular weight excluding hydrogens is 362 g/mol. The molecule has 1 amide bonds. The van der Waals surface area contributed by atoms with Crippen molar-refractivity contribution in [1.82, 2.24) is 10.0 Å². The van der Waals surface area contributed by atoms with E-state index in [1.807, 2.05) is 30.3 Å². The van der Waals surface area contributed by atoms with Crippen molar-refractivity contribution in [3.05, 3.63) is 65.7 Å². The first kappa shape index (κ1) is 17.7. The van der Waals surface area contributed by atoms with Crippen LogP contribution in [-0.2, 0) is 20.4 Å². The van der Waals surface area contributed by atoms with E-state index in [-0.39, 0.29) is 29.3 Å². The number of aliphatic imine (C=N–C) groups is 1. The highest BCUT2D eigenvalue weighted by Gasteiger charge is 2.39. The van der Waals surface area contributed by atoms with Crippen molar-refractivity contribution in [1.29, 1.82) is 0 Å². The van der Waals surface area contributed by atoms with Gasteiger partial charge in [0.1, 0.15) is 5.84 Å². The van der Waals surface area contributed by atoms with Crippen molar-refractivity contribution in [2.45, 2.75) is 36.1 Å². The first-order valence-corrected chi connectivity index (χ1v) is 10.5. The Morgan fingerprint density at radius 1 is 1.07 bits per heavy atom. The van der Waals surface area contributed by atoms with Gasteiger partial charge in [-0.1, -0.05) is 42.5 Å². The van der Waals surface area contributed by atoms with Crippen LogP contribution in [0.5, 0.6) is 0 Å². The van der Waals surface area contributed by atoms with Gasteiger partial charge in [0.2, 0.25) is 5.91 Å². The minimum absolute atomic E-state index is 0.0722. The summed E-state index contributed by atoms with van der Waals surface area (Å²) in [5.74, 6) is 0.233. The molecule has 1 heterocycles. The molecule has 6 nitrogen and oxygen atoms in total. The minimum atomic E-state index is -3.55. The van der Waals surface area contributed by atoms with E-state index in [1.54, 1.807) is 24.3 Å². The summed E-state index contributed by atoms with van der Waals surface area (Å²) in [5.41, 5.74) is 1.42. The van der Waals surface area contributed by atoms with E-state index < -0.39 is 10.0 Å². The van der Waals surface area contributed by atoms with Gasteiger partial charge >= 0.3 is 0 Å². The Bertz CT molecular complexity index is 996. The summed E-state index contributed by atoms with van der Waals surface area (Å²) < 4.78 is 26.6. The molecular formula is C20H21N3O3S. The van der Waals surface area contributed by atoms with Crippen LogP contribution in [0.15, 0.2) is 64.5 Å². The number of fused-ring (bicyclic) bond motifs is 1. The molecule has 2 N–H and O–H groups in total. The van der Waals surface area contributed by atoms with Crippen LogP contribution in [0.1, 0.15) is 36.8 Å². The molecule has 2 aromatic rings. The third-order valence-electron chi connectivity index (χ3n) is 5.18. The summed E-state index contributed by atoms with van der Waals surface area (Å²) in [5, 5.41) is 3.16. The summed E-state index contributed by atoms with van der Waals surface area (Å²) in [6.45, 7) is 0.225. The zero-order chi connectivity index (χ0) is 18.9. The topological polar surface area (TPSA) is 87.6 Å². The molecule has 1 saturated carbocycles. The number of carbonyl (C=O) groups is 1. The summed E-state index contributed by atoms with van der Waals surface area (Å²) in [4.78, 5) is 17.0. The highest BCUT2D eigenvalue weighted by atomic mass is 32.2. The molecule has 0 atom stereocenters. The van der Waals surface area contributed by atoms with Gasteiger partial charge < -0.3 is 5.32 Å². The zero-order valence-electron chi connectivity index (χ0n) is 14.8. The quantitative estimate of drug-likeness (QED) is 0.831. The van der Waals surface area contributed by atoms with E-state index in [4.69, 9.17) is 0 Å². The lowest BCUT2D eigenvalue weighted by atomic mass is 9.71. The SMILES string of the molecule is O=C(CCN=C1NS(=O)(=O)c2ccccc21)NC1(c2ccccc2)CCC1. The van der Waals surface area contributed by atoms with Crippen molar-refractivity contribution < 1.29 is 13.2 Å². The Hall–Kier alpha value is -2.67. The monoisotopic (exact) mass is 383 g/mol. The molecule has 1 fully saturated rings. The number of carbonyl (C=O) groups excluding carboxylic acids is 1. The molecule has 0 radical (unpaired) electrons. The molecule has 0 unspecified atom stereocenters. The summed E-state index contributed by atoms with van der Waals surface area (Å²) in [6.07, 6.45) is 3.17. The Morgan fingerprint density at radius 3 is 2.48 bits per heavy atom. The van der Waals surface area contributed by atoms with E-state index in [0.29, 0.717) is 11.4 Å². The van der Waals surface area contributed by atoms with Gasteiger partial charge in [-0.3, -0.25) is 14.5 Å². The number of rotatable bonds is 5. The van der Waals surface area contributed by atoms with Gasteiger partial charge in [0.05, 0.1) is 17.0 Å². The molecule has 4 rings (SSSR count). The van der Waals surface area contributed by atoms with Crippen LogP contribution < -0.4 is 10.0 Å². The normalized spacial score (nSPS) is 20.4. The van der Waals surface area contributed by atoms with Gasteiger partial charge in [-0.05, 0) is 37.0 Å². The second-order valence-electron chi connectivity index (χ2n) is 6.93. The van der Waals surface area contributed by atoms with E-state index in [1.165, 1.54) is 0 Å². The van der Waals surface area contributed by atoms with Crippen LogP contribution in [0.2, 0.25) is 0 Å². The van der Waals surface area contributed by atoms with E-state index in [9.17, 15) is 13.2 Å². The lowest BCUT2D eigenvalue weighted by Gasteiger charge is -2.43. The Kier molecular flexibility index (Phi) is 4.47. The van der Waals surface area contributed by atoms with Crippen molar-refractivity contribution >= 4 is 21.8 Å². The van der Waals surface area contributed by atoms with Crippen molar-refractivity contribution in [2.24, 2.45) is 4.99 Å². The Morgan fingerprint density at radius 2 is 1.78 bits per heavy atom. The molecule has 2 aromatic carbocycles. The zero-order valence-corrected chi connectivity index (χ0v) is 15.6. The lowest BCUT2D eigenvalue weighted by Crippen LogP contribution is -2.50. The fourth-order valence-electron chi connectivity index (χ4n) is 3.62. The van der Waals surface area contributed by atoms with Gasteiger partial charge in [-0.2, -0.15) is 0 Å². The summed E-state index contributed by atoms with van der Waals surface area (Å²) in [6, 6.07) is 16.7.